The minimum Gasteiger partial charge on any atom is -0.444 e. The number of aliphatic hydroxyl groups excluding tert-OH is 1. The molecule has 0 radical (unpaired) electrons. The van der Waals surface area contributed by atoms with Gasteiger partial charge in [0.25, 0.3) is 0 Å². The van der Waals surface area contributed by atoms with E-state index in [4.69, 9.17) is 26.5 Å². The molecule has 1 heterocycles. The van der Waals surface area contributed by atoms with Crippen LogP contribution in [0.1, 0.15) is 52.0 Å². The lowest BCUT2D eigenvalue weighted by Crippen LogP contribution is -2.33. The maximum atomic E-state index is 11.5. The van der Waals surface area contributed by atoms with Crippen molar-refractivity contribution in [2.45, 2.75) is 57.8 Å². The number of nitrogens with two attached hydrogens (primary N) is 1. The van der Waals surface area contributed by atoms with Crippen molar-refractivity contribution >= 4 is 28.8 Å². The fraction of sp³-hybridized carbons (Fsp3) is 0.556. The Bertz CT molecular complexity index is 742. The van der Waals surface area contributed by atoms with E-state index in [9.17, 15) is 9.90 Å². The number of carbonyl (C=O) groups is 1. The van der Waals surface area contributed by atoms with Crippen molar-refractivity contribution in [2.24, 2.45) is 5.73 Å². The van der Waals surface area contributed by atoms with Gasteiger partial charge in [-0.25, -0.2) is 9.78 Å². The zero-order chi connectivity index (χ0) is 19.3. The van der Waals surface area contributed by atoms with Gasteiger partial charge in [-0.15, -0.1) is 0 Å². The number of benzene rings is 1. The lowest BCUT2D eigenvalue weighted by atomic mass is 10.0. The standard InChI is InChI=1S/C18H26ClN3O4/c1-18(2,3)26-17(24)21-9-5-4-6-12(20)15(23)16-22-13-10-11(19)7-8-14(13)25-16/h7-8,10,12,15,23H,4-6,9,20H2,1-3H3,(H,21,24)/t12-,15?/m0/s1. The fourth-order valence-electron chi connectivity index (χ4n) is 2.40. The number of rotatable bonds is 7. The molecule has 0 aliphatic rings. The number of hydrogen-bond donors (Lipinski definition) is 3. The normalized spacial score (nSPS) is 14.2. The van der Waals surface area contributed by atoms with E-state index in [2.05, 4.69) is 10.3 Å². The Morgan fingerprint density at radius 3 is 2.85 bits per heavy atom. The molecule has 1 aromatic heterocycles. The molecule has 1 amide bonds. The van der Waals surface area contributed by atoms with Gasteiger partial charge in [0.05, 0.1) is 0 Å². The van der Waals surface area contributed by atoms with Crippen LogP contribution in [0.15, 0.2) is 22.6 Å². The minimum absolute atomic E-state index is 0.182. The van der Waals surface area contributed by atoms with E-state index in [1.54, 1.807) is 18.2 Å². The third-order valence-electron chi connectivity index (χ3n) is 3.66. The number of unbranched alkanes of at least 4 members (excludes halogenated alkanes) is 1. The molecule has 1 aromatic carbocycles. The summed E-state index contributed by atoms with van der Waals surface area (Å²) in [6, 6.07) is 4.56. The van der Waals surface area contributed by atoms with Gasteiger partial charge in [-0.3, -0.25) is 0 Å². The third kappa shape index (κ3) is 6.16. The summed E-state index contributed by atoms with van der Waals surface area (Å²) in [7, 11) is 0. The SMILES string of the molecule is CC(C)(C)OC(=O)NCCCC[C@H](N)C(O)c1nc2cc(Cl)ccc2o1. The Balaban J connectivity index is 1.74. The third-order valence-corrected chi connectivity index (χ3v) is 3.89. The van der Waals surface area contributed by atoms with Crippen LogP contribution in [0.3, 0.4) is 0 Å². The summed E-state index contributed by atoms with van der Waals surface area (Å²) < 4.78 is 10.7. The zero-order valence-corrected chi connectivity index (χ0v) is 16.0. The molecule has 7 nitrogen and oxygen atoms in total. The Labute approximate surface area is 157 Å². The average molecular weight is 384 g/mol. The van der Waals surface area contributed by atoms with Crippen LogP contribution in [-0.4, -0.2) is 34.4 Å². The molecule has 0 aliphatic carbocycles. The number of ether oxygens (including phenoxy) is 1. The molecule has 0 saturated carbocycles. The molecule has 1 unspecified atom stereocenters. The first-order valence-electron chi connectivity index (χ1n) is 8.62. The second kappa shape index (κ2) is 8.70. The molecule has 0 aliphatic heterocycles. The molecule has 26 heavy (non-hydrogen) atoms. The van der Waals surface area contributed by atoms with Crippen molar-refractivity contribution < 1.29 is 19.1 Å². The van der Waals surface area contributed by atoms with E-state index >= 15 is 0 Å². The van der Waals surface area contributed by atoms with Gasteiger partial charge in [-0.05, 0) is 51.8 Å². The summed E-state index contributed by atoms with van der Waals surface area (Å²) in [6.07, 6.45) is 0.589. The number of aliphatic hydroxyl groups is 1. The first kappa shape index (κ1) is 20.5. The summed E-state index contributed by atoms with van der Waals surface area (Å²) in [4.78, 5) is 15.8. The van der Waals surface area contributed by atoms with Crippen LogP contribution in [0, 0.1) is 0 Å². The van der Waals surface area contributed by atoms with Crippen molar-refractivity contribution in [3.8, 4) is 0 Å². The number of nitrogens with zero attached hydrogens (tertiary/aromatic N) is 1. The summed E-state index contributed by atoms with van der Waals surface area (Å²) in [5.41, 5.74) is 6.66. The monoisotopic (exact) mass is 383 g/mol. The Morgan fingerprint density at radius 1 is 1.42 bits per heavy atom. The van der Waals surface area contributed by atoms with Gasteiger partial charge >= 0.3 is 6.09 Å². The van der Waals surface area contributed by atoms with Crippen molar-refractivity contribution in [2.75, 3.05) is 6.54 Å². The van der Waals surface area contributed by atoms with E-state index in [1.165, 1.54) is 0 Å². The Morgan fingerprint density at radius 2 is 2.15 bits per heavy atom. The summed E-state index contributed by atoms with van der Waals surface area (Å²) in [6.45, 7) is 5.92. The van der Waals surface area contributed by atoms with Crippen LogP contribution in [0.5, 0.6) is 0 Å². The summed E-state index contributed by atoms with van der Waals surface area (Å²) in [5, 5.41) is 13.6. The fourth-order valence-corrected chi connectivity index (χ4v) is 2.56. The van der Waals surface area contributed by atoms with Gasteiger partial charge in [-0.2, -0.15) is 0 Å². The van der Waals surface area contributed by atoms with Crippen LogP contribution in [0.4, 0.5) is 4.79 Å². The molecule has 2 aromatic rings. The molecule has 0 bridgehead atoms. The number of nitrogens with one attached hydrogen (secondary N) is 1. The Hall–Kier alpha value is -1.83. The molecule has 8 heteroatoms. The molecule has 2 rings (SSSR count). The molecular formula is C18H26ClN3O4. The number of oxazole rings is 1. The highest BCUT2D eigenvalue weighted by Crippen LogP contribution is 2.25. The van der Waals surface area contributed by atoms with Crippen molar-refractivity contribution in [1.82, 2.24) is 10.3 Å². The highest BCUT2D eigenvalue weighted by molar-refractivity contribution is 6.31. The summed E-state index contributed by atoms with van der Waals surface area (Å²) >= 11 is 5.92. The van der Waals surface area contributed by atoms with Crippen molar-refractivity contribution in [3.63, 3.8) is 0 Å². The van der Waals surface area contributed by atoms with Gasteiger partial charge < -0.3 is 25.3 Å². The largest absolute Gasteiger partial charge is 0.444 e. The van der Waals surface area contributed by atoms with Gasteiger partial charge in [-0.1, -0.05) is 18.0 Å². The zero-order valence-electron chi connectivity index (χ0n) is 15.3. The van der Waals surface area contributed by atoms with Crippen LogP contribution in [0.25, 0.3) is 11.1 Å². The molecule has 0 spiro atoms. The van der Waals surface area contributed by atoms with E-state index in [0.29, 0.717) is 29.1 Å². The van der Waals surface area contributed by atoms with Crippen molar-refractivity contribution in [1.29, 1.82) is 0 Å². The molecule has 4 N–H and O–H groups in total. The number of halogens is 1. The van der Waals surface area contributed by atoms with Crippen LogP contribution in [0.2, 0.25) is 5.02 Å². The van der Waals surface area contributed by atoms with Crippen LogP contribution >= 0.6 is 11.6 Å². The first-order chi connectivity index (χ1) is 12.2. The number of carbonyl (C=O) groups excluding carboxylic acids is 1. The van der Waals surface area contributed by atoms with Gasteiger partial charge in [0.15, 0.2) is 5.58 Å². The van der Waals surface area contributed by atoms with Crippen molar-refractivity contribution in [3.05, 3.63) is 29.1 Å². The van der Waals surface area contributed by atoms with E-state index in [0.717, 1.165) is 12.8 Å². The predicted octanol–water partition coefficient (Wildman–Crippen LogP) is 3.54. The van der Waals surface area contributed by atoms with Crippen LogP contribution < -0.4 is 11.1 Å². The smallest absolute Gasteiger partial charge is 0.407 e. The number of fused-ring (bicyclic) bond motifs is 1. The second-order valence-electron chi connectivity index (χ2n) is 7.20. The molecule has 144 valence electrons. The number of aromatic nitrogens is 1. The second-order valence-corrected chi connectivity index (χ2v) is 7.63. The predicted molar refractivity (Wildman–Crippen MR) is 100 cm³/mol. The first-order valence-corrected chi connectivity index (χ1v) is 9.00. The number of alkyl carbamates (subject to hydrolysis) is 1. The average Bonchev–Trinajstić information content (AvgIpc) is 2.94. The van der Waals surface area contributed by atoms with Gasteiger partial charge in [0.2, 0.25) is 5.89 Å². The minimum atomic E-state index is -1.00. The highest BCUT2D eigenvalue weighted by atomic mass is 35.5. The van der Waals surface area contributed by atoms with Crippen LogP contribution in [-0.2, 0) is 4.74 Å². The van der Waals surface area contributed by atoms with E-state index < -0.39 is 23.8 Å². The maximum Gasteiger partial charge on any atom is 0.407 e. The topological polar surface area (TPSA) is 111 Å². The summed E-state index contributed by atoms with van der Waals surface area (Å²) in [5.74, 6) is 0.182. The Kier molecular flexibility index (Phi) is 6.86. The molecule has 0 fully saturated rings. The lowest BCUT2D eigenvalue weighted by Gasteiger charge is -2.20. The van der Waals surface area contributed by atoms with E-state index in [1.807, 2.05) is 20.8 Å². The molecule has 2 atom stereocenters. The van der Waals surface area contributed by atoms with Gasteiger partial charge in [0.1, 0.15) is 17.2 Å². The molecular weight excluding hydrogens is 358 g/mol. The van der Waals surface area contributed by atoms with Gasteiger partial charge in [0, 0.05) is 17.6 Å². The molecule has 0 saturated heterocycles. The quantitative estimate of drug-likeness (QED) is 0.630. The maximum absolute atomic E-state index is 11.5. The van der Waals surface area contributed by atoms with E-state index in [-0.39, 0.29) is 5.89 Å². The highest BCUT2D eigenvalue weighted by Gasteiger charge is 2.22. The number of amides is 1. The lowest BCUT2D eigenvalue weighted by molar-refractivity contribution is 0.0526. The number of hydrogen-bond acceptors (Lipinski definition) is 6.